The summed E-state index contributed by atoms with van der Waals surface area (Å²) in [5, 5.41) is 3.35. The summed E-state index contributed by atoms with van der Waals surface area (Å²) >= 11 is 0. The van der Waals surface area contributed by atoms with Crippen molar-refractivity contribution in [3.63, 3.8) is 0 Å². The van der Waals surface area contributed by atoms with Gasteiger partial charge in [-0.3, -0.25) is 0 Å². The summed E-state index contributed by atoms with van der Waals surface area (Å²) < 4.78 is 0. The molecule has 0 saturated heterocycles. The fourth-order valence-corrected chi connectivity index (χ4v) is 2.15. The molecule has 0 saturated carbocycles. The molecule has 0 fully saturated rings. The van der Waals surface area contributed by atoms with Gasteiger partial charge in [-0.15, -0.1) is 0 Å². The third-order valence-corrected chi connectivity index (χ3v) is 3.34. The van der Waals surface area contributed by atoms with E-state index < -0.39 is 0 Å². The van der Waals surface area contributed by atoms with Crippen molar-refractivity contribution in [3.8, 4) is 0 Å². The van der Waals surface area contributed by atoms with Gasteiger partial charge in [0.25, 0.3) is 0 Å². The fraction of sp³-hybridized carbons (Fsp3) is 0.333. The Bertz CT molecular complexity index is 452. The lowest BCUT2D eigenvalue weighted by molar-refractivity contribution is 0.877. The topological polar surface area (TPSA) is 38.0 Å². The van der Waals surface area contributed by atoms with Crippen molar-refractivity contribution in [2.24, 2.45) is 5.73 Å². The number of allylic oxidation sites excluding steroid dienone is 3. The van der Waals surface area contributed by atoms with Crippen LogP contribution in [-0.2, 0) is 6.42 Å². The van der Waals surface area contributed by atoms with Crippen LogP contribution in [-0.4, -0.2) is 13.1 Å². The molecule has 0 amide bonds. The Morgan fingerprint density at radius 1 is 1.18 bits per heavy atom. The van der Waals surface area contributed by atoms with Crippen LogP contribution in [0, 0.1) is 0 Å². The molecule has 2 heteroatoms. The molecule has 3 N–H and O–H groups in total. The van der Waals surface area contributed by atoms with Crippen LogP contribution in [0.2, 0.25) is 0 Å². The minimum absolute atomic E-state index is 0.712. The van der Waals surface area contributed by atoms with E-state index in [4.69, 9.17) is 5.73 Å². The van der Waals surface area contributed by atoms with Crippen molar-refractivity contribution in [1.82, 2.24) is 5.32 Å². The molecule has 1 heterocycles. The second-order valence-electron chi connectivity index (χ2n) is 4.48. The van der Waals surface area contributed by atoms with Gasteiger partial charge in [0.2, 0.25) is 0 Å². The van der Waals surface area contributed by atoms with Gasteiger partial charge in [0.1, 0.15) is 0 Å². The molecular weight excluding hydrogens is 208 g/mol. The lowest BCUT2D eigenvalue weighted by Crippen LogP contribution is -2.17. The van der Waals surface area contributed by atoms with E-state index in [1.54, 1.807) is 0 Å². The Morgan fingerprint density at radius 2 is 1.88 bits per heavy atom. The minimum atomic E-state index is 0.712. The highest BCUT2D eigenvalue weighted by Crippen LogP contribution is 2.26. The zero-order chi connectivity index (χ0) is 12.3. The van der Waals surface area contributed by atoms with Crippen LogP contribution in [0.3, 0.4) is 0 Å². The van der Waals surface area contributed by atoms with E-state index in [-0.39, 0.29) is 0 Å². The van der Waals surface area contributed by atoms with Gasteiger partial charge in [-0.1, -0.05) is 30.3 Å². The highest BCUT2D eigenvalue weighted by Gasteiger charge is 2.10. The number of hydrogen-bond donors (Lipinski definition) is 2. The van der Waals surface area contributed by atoms with E-state index in [2.05, 4.69) is 49.5 Å². The molecule has 1 aromatic carbocycles. The van der Waals surface area contributed by atoms with E-state index in [0.29, 0.717) is 6.54 Å². The van der Waals surface area contributed by atoms with Gasteiger partial charge in [0.15, 0.2) is 0 Å². The zero-order valence-electron chi connectivity index (χ0n) is 10.6. The van der Waals surface area contributed by atoms with Crippen LogP contribution >= 0.6 is 0 Å². The molecule has 1 aliphatic heterocycles. The molecule has 0 bridgehead atoms. The summed E-state index contributed by atoms with van der Waals surface area (Å²) in [5.41, 5.74) is 12.1. The molecule has 1 aliphatic rings. The average Bonchev–Trinajstić information content (AvgIpc) is 2.34. The molecular formula is C15H20N2. The van der Waals surface area contributed by atoms with Crippen molar-refractivity contribution >= 4 is 5.57 Å². The number of benzene rings is 1. The monoisotopic (exact) mass is 228 g/mol. The Morgan fingerprint density at radius 3 is 2.53 bits per heavy atom. The molecule has 17 heavy (non-hydrogen) atoms. The van der Waals surface area contributed by atoms with Crippen molar-refractivity contribution in [3.05, 3.63) is 52.7 Å². The van der Waals surface area contributed by atoms with Gasteiger partial charge in [0, 0.05) is 12.2 Å². The van der Waals surface area contributed by atoms with E-state index in [1.807, 2.05) is 0 Å². The predicted octanol–water partition coefficient (Wildman–Crippen LogP) is 2.47. The first-order chi connectivity index (χ1) is 8.22. The molecule has 0 aliphatic carbocycles. The number of dihydropyridines is 1. The van der Waals surface area contributed by atoms with E-state index in [0.717, 1.165) is 13.0 Å². The van der Waals surface area contributed by atoms with Crippen LogP contribution in [0.5, 0.6) is 0 Å². The van der Waals surface area contributed by atoms with Crippen molar-refractivity contribution < 1.29 is 0 Å². The smallest absolute Gasteiger partial charge is 0.0336 e. The molecule has 90 valence electrons. The van der Waals surface area contributed by atoms with Gasteiger partial charge in [-0.25, -0.2) is 0 Å². The Labute approximate surface area is 103 Å². The van der Waals surface area contributed by atoms with Crippen LogP contribution in [0.25, 0.3) is 5.57 Å². The summed E-state index contributed by atoms with van der Waals surface area (Å²) in [5.74, 6) is 0. The summed E-state index contributed by atoms with van der Waals surface area (Å²) in [6.07, 6.45) is 3.20. The molecule has 2 rings (SSSR count). The molecule has 0 unspecified atom stereocenters. The summed E-state index contributed by atoms with van der Waals surface area (Å²) in [6.45, 7) is 5.93. The maximum absolute atomic E-state index is 5.55. The number of nitrogens with one attached hydrogen (secondary N) is 1. The lowest BCUT2D eigenvalue weighted by atomic mass is 9.94. The minimum Gasteiger partial charge on any atom is -0.385 e. The second-order valence-corrected chi connectivity index (χ2v) is 4.48. The standard InChI is InChI=1S/C15H20N2/c1-11-12(2)17-10-8-15(11)14-5-3-13(4-6-14)7-9-16/h3-6,8,17H,7,9-10,16H2,1-2H3. The highest BCUT2D eigenvalue weighted by atomic mass is 14.9. The largest absolute Gasteiger partial charge is 0.385 e. The van der Waals surface area contributed by atoms with E-state index in [1.165, 1.54) is 28.0 Å². The number of nitrogens with two attached hydrogens (primary N) is 1. The first kappa shape index (κ1) is 11.9. The predicted molar refractivity (Wildman–Crippen MR) is 73.6 cm³/mol. The first-order valence-corrected chi connectivity index (χ1v) is 6.13. The Hall–Kier alpha value is -1.54. The molecule has 0 radical (unpaired) electrons. The maximum Gasteiger partial charge on any atom is 0.0336 e. The van der Waals surface area contributed by atoms with Crippen molar-refractivity contribution in [1.29, 1.82) is 0 Å². The van der Waals surface area contributed by atoms with Crippen molar-refractivity contribution in [2.45, 2.75) is 20.3 Å². The summed E-state index contributed by atoms with van der Waals surface area (Å²) in [7, 11) is 0. The van der Waals surface area contributed by atoms with E-state index >= 15 is 0 Å². The Kier molecular flexibility index (Phi) is 3.64. The highest BCUT2D eigenvalue weighted by molar-refractivity contribution is 5.80. The second kappa shape index (κ2) is 5.19. The molecule has 0 aromatic heterocycles. The third-order valence-electron chi connectivity index (χ3n) is 3.34. The average molecular weight is 228 g/mol. The van der Waals surface area contributed by atoms with Crippen LogP contribution in [0.4, 0.5) is 0 Å². The van der Waals surface area contributed by atoms with Crippen molar-refractivity contribution in [2.75, 3.05) is 13.1 Å². The van der Waals surface area contributed by atoms with Crippen LogP contribution in [0.1, 0.15) is 25.0 Å². The normalized spacial score (nSPS) is 15.6. The van der Waals surface area contributed by atoms with Gasteiger partial charge in [-0.05, 0) is 49.1 Å². The van der Waals surface area contributed by atoms with Gasteiger partial charge in [-0.2, -0.15) is 0 Å². The first-order valence-electron chi connectivity index (χ1n) is 6.13. The van der Waals surface area contributed by atoms with E-state index in [9.17, 15) is 0 Å². The Balaban J connectivity index is 2.26. The summed E-state index contributed by atoms with van der Waals surface area (Å²) in [6, 6.07) is 8.74. The molecule has 0 spiro atoms. The molecule has 1 aromatic rings. The lowest BCUT2D eigenvalue weighted by Gasteiger charge is -2.19. The van der Waals surface area contributed by atoms with Crippen LogP contribution < -0.4 is 11.1 Å². The summed E-state index contributed by atoms with van der Waals surface area (Å²) in [4.78, 5) is 0. The van der Waals surface area contributed by atoms with Gasteiger partial charge < -0.3 is 11.1 Å². The molecule has 2 nitrogen and oxygen atoms in total. The SMILES string of the molecule is CC1=C(C)C(c2ccc(CCN)cc2)=CCN1. The fourth-order valence-electron chi connectivity index (χ4n) is 2.15. The van der Waals surface area contributed by atoms with Gasteiger partial charge in [0.05, 0.1) is 0 Å². The number of rotatable bonds is 3. The number of hydrogen-bond acceptors (Lipinski definition) is 2. The zero-order valence-corrected chi connectivity index (χ0v) is 10.6. The third kappa shape index (κ3) is 2.59. The quantitative estimate of drug-likeness (QED) is 0.834. The maximum atomic E-state index is 5.55. The molecule has 0 atom stereocenters. The van der Waals surface area contributed by atoms with Gasteiger partial charge >= 0.3 is 0 Å². The van der Waals surface area contributed by atoms with Crippen LogP contribution in [0.15, 0.2) is 41.6 Å².